The van der Waals surface area contributed by atoms with Crippen molar-refractivity contribution < 1.29 is 9.57 Å². The van der Waals surface area contributed by atoms with Crippen LogP contribution in [0, 0.1) is 0 Å². The van der Waals surface area contributed by atoms with Gasteiger partial charge in [0, 0.05) is 0 Å². The Morgan fingerprint density at radius 1 is 1.46 bits per heavy atom. The summed E-state index contributed by atoms with van der Waals surface area (Å²) in [4.78, 5) is 5.00. The highest BCUT2D eigenvalue weighted by molar-refractivity contribution is 5.61. The smallest absolute Gasteiger partial charge is 0.141 e. The number of hydrogen-bond acceptors (Lipinski definition) is 4. The van der Waals surface area contributed by atoms with Crippen LogP contribution < -0.4 is 16.0 Å². The Labute approximate surface area is 77.6 Å². The third-order valence-corrected chi connectivity index (χ3v) is 1.56. The lowest BCUT2D eigenvalue weighted by Crippen LogP contribution is -2.01. The van der Waals surface area contributed by atoms with Crippen molar-refractivity contribution in [1.82, 2.24) is 0 Å². The van der Waals surface area contributed by atoms with Gasteiger partial charge in [-0.05, 0) is 25.1 Å². The number of nitrogen functional groups attached to an aromatic ring is 1. The summed E-state index contributed by atoms with van der Waals surface area (Å²) in [6, 6.07) is 5.38. The second kappa shape index (κ2) is 4.57. The number of benzene rings is 1. The van der Waals surface area contributed by atoms with E-state index in [-0.39, 0.29) is 0 Å². The predicted molar refractivity (Wildman–Crippen MR) is 52.7 cm³/mol. The Morgan fingerprint density at radius 2 is 2.23 bits per heavy atom. The van der Waals surface area contributed by atoms with Gasteiger partial charge in [0.15, 0.2) is 0 Å². The standard InChI is InChI=1S/C9H14N2O2/c1-3-13-11-7-4-5-9(12-2)8(10)6-7/h4-6,11H,3,10H2,1-2H3. The van der Waals surface area contributed by atoms with Gasteiger partial charge < -0.3 is 10.5 Å². The molecule has 13 heavy (non-hydrogen) atoms. The minimum absolute atomic E-state index is 0.590. The van der Waals surface area contributed by atoms with Gasteiger partial charge in [0.2, 0.25) is 0 Å². The van der Waals surface area contributed by atoms with E-state index < -0.39 is 0 Å². The zero-order chi connectivity index (χ0) is 9.68. The molecule has 0 saturated carbocycles. The van der Waals surface area contributed by atoms with Crippen LogP contribution in [0.15, 0.2) is 18.2 Å². The summed E-state index contributed by atoms with van der Waals surface area (Å²) in [5.74, 6) is 0.669. The molecule has 0 aromatic heterocycles. The quantitative estimate of drug-likeness (QED) is 0.549. The predicted octanol–water partition coefficient (Wildman–Crippen LogP) is 1.64. The van der Waals surface area contributed by atoms with Gasteiger partial charge in [-0.2, -0.15) is 0 Å². The van der Waals surface area contributed by atoms with Gasteiger partial charge in [-0.15, -0.1) is 0 Å². The molecule has 0 fully saturated rings. The lowest BCUT2D eigenvalue weighted by Gasteiger charge is -2.08. The average molecular weight is 182 g/mol. The van der Waals surface area contributed by atoms with Gasteiger partial charge in [-0.25, -0.2) is 0 Å². The number of nitrogens with two attached hydrogens (primary N) is 1. The monoisotopic (exact) mass is 182 g/mol. The summed E-state index contributed by atoms with van der Waals surface area (Å²) >= 11 is 0. The molecule has 4 heteroatoms. The molecule has 1 aromatic carbocycles. The van der Waals surface area contributed by atoms with E-state index in [4.69, 9.17) is 15.3 Å². The highest BCUT2D eigenvalue weighted by Gasteiger charge is 1.99. The Morgan fingerprint density at radius 3 is 2.77 bits per heavy atom. The SMILES string of the molecule is CCONc1ccc(OC)c(N)c1. The summed E-state index contributed by atoms with van der Waals surface area (Å²) in [7, 11) is 1.58. The van der Waals surface area contributed by atoms with Crippen molar-refractivity contribution in [1.29, 1.82) is 0 Å². The van der Waals surface area contributed by atoms with Gasteiger partial charge in [0.05, 0.1) is 25.1 Å². The Hall–Kier alpha value is -1.42. The number of anilines is 2. The molecule has 0 aliphatic heterocycles. The normalized spacial score (nSPS) is 9.69. The number of methoxy groups -OCH3 is 1. The highest BCUT2D eigenvalue weighted by Crippen LogP contribution is 2.24. The molecule has 1 aromatic rings. The molecule has 0 amide bonds. The van der Waals surface area contributed by atoms with Crippen LogP contribution in [0.1, 0.15) is 6.92 Å². The van der Waals surface area contributed by atoms with Crippen LogP contribution in [0.5, 0.6) is 5.75 Å². The Bertz CT molecular complexity index is 276. The second-order valence-corrected chi connectivity index (χ2v) is 2.49. The van der Waals surface area contributed by atoms with Crippen molar-refractivity contribution in [2.24, 2.45) is 0 Å². The van der Waals surface area contributed by atoms with Crippen molar-refractivity contribution in [3.8, 4) is 5.75 Å². The maximum Gasteiger partial charge on any atom is 0.141 e. The lowest BCUT2D eigenvalue weighted by atomic mass is 10.2. The van der Waals surface area contributed by atoms with Crippen molar-refractivity contribution in [2.45, 2.75) is 6.92 Å². The third kappa shape index (κ3) is 2.52. The fraction of sp³-hybridized carbons (Fsp3) is 0.333. The van der Waals surface area contributed by atoms with Crippen LogP contribution in [0.2, 0.25) is 0 Å². The fourth-order valence-corrected chi connectivity index (χ4v) is 0.953. The molecule has 0 saturated heterocycles. The van der Waals surface area contributed by atoms with E-state index in [0.717, 1.165) is 5.69 Å². The summed E-state index contributed by atoms with van der Waals surface area (Å²) in [6.07, 6.45) is 0. The van der Waals surface area contributed by atoms with E-state index >= 15 is 0 Å². The van der Waals surface area contributed by atoms with Crippen molar-refractivity contribution >= 4 is 11.4 Å². The number of nitrogens with one attached hydrogen (secondary N) is 1. The van der Waals surface area contributed by atoms with E-state index in [1.165, 1.54) is 0 Å². The Kier molecular flexibility index (Phi) is 3.40. The fourth-order valence-electron chi connectivity index (χ4n) is 0.953. The van der Waals surface area contributed by atoms with Crippen molar-refractivity contribution in [2.75, 3.05) is 24.9 Å². The van der Waals surface area contributed by atoms with E-state index in [2.05, 4.69) is 5.48 Å². The zero-order valence-corrected chi connectivity index (χ0v) is 7.83. The molecule has 1 rings (SSSR count). The van der Waals surface area contributed by atoms with Gasteiger partial charge in [-0.1, -0.05) is 0 Å². The summed E-state index contributed by atoms with van der Waals surface area (Å²) in [5, 5.41) is 0. The van der Waals surface area contributed by atoms with Crippen LogP contribution in [0.3, 0.4) is 0 Å². The number of ether oxygens (including phenoxy) is 1. The van der Waals surface area contributed by atoms with Crippen LogP contribution in [0.25, 0.3) is 0 Å². The van der Waals surface area contributed by atoms with Crippen molar-refractivity contribution in [3.63, 3.8) is 0 Å². The Balaban J connectivity index is 2.71. The lowest BCUT2D eigenvalue weighted by molar-refractivity contribution is 0.210. The first kappa shape index (κ1) is 9.67. The highest BCUT2D eigenvalue weighted by atomic mass is 16.6. The molecule has 72 valence electrons. The van der Waals surface area contributed by atoms with E-state index in [1.54, 1.807) is 19.2 Å². The van der Waals surface area contributed by atoms with E-state index in [1.807, 2.05) is 13.0 Å². The molecule has 0 atom stereocenters. The first-order chi connectivity index (χ1) is 6.27. The average Bonchev–Trinajstić information content (AvgIpc) is 2.15. The molecule has 4 nitrogen and oxygen atoms in total. The minimum Gasteiger partial charge on any atom is -0.495 e. The van der Waals surface area contributed by atoms with Gasteiger partial charge in [0.25, 0.3) is 0 Å². The largest absolute Gasteiger partial charge is 0.495 e. The van der Waals surface area contributed by atoms with Gasteiger partial charge in [0.1, 0.15) is 5.75 Å². The molecule has 0 aliphatic carbocycles. The molecule has 0 radical (unpaired) electrons. The molecule has 0 heterocycles. The zero-order valence-electron chi connectivity index (χ0n) is 7.83. The molecule has 0 spiro atoms. The molecular weight excluding hydrogens is 168 g/mol. The minimum atomic E-state index is 0.590. The van der Waals surface area contributed by atoms with Crippen LogP contribution in [-0.2, 0) is 4.84 Å². The van der Waals surface area contributed by atoms with E-state index in [9.17, 15) is 0 Å². The molecular formula is C9H14N2O2. The van der Waals surface area contributed by atoms with E-state index in [0.29, 0.717) is 18.0 Å². The van der Waals surface area contributed by atoms with Crippen molar-refractivity contribution in [3.05, 3.63) is 18.2 Å². The molecule has 0 aliphatic rings. The third-order valence-electron chi connectivity index (χ3n) is 1.56. The maximum atomic E-state index is 5.68. The molecule has 0 unspecified atom stereocenters. The number of hydrogen-bond donors (Lipinski definition) is 2. The molecule has 0 bridgehead atoms. The van der Waals surface area contributed by atoms with Crippen LogP contribution >= 0.6 is 0 Å². The summed E-state index contributed by atoms with van der Waals surface area (Å²) in [5.41, 5.74) is 9.84. The van der Waals surface area contributed by atoms with Crippen LogP contribution in [-0.4, -0.2) is 13.7 Å². The first-order valence-electron chi connectivity index (χ1n) is 4.09. The summed E-state index contributed by atoms with van der Waals surface area (Å²) < 4.78 is 5.01. The second-order valence-electron chi connectivity index (χ2n) is 2.49. The topological polar surface area (TPSA) is 56.5 Å². The van der Waals surface area contributed by atoms with Gasteiger partial charge >= 0.3 is 0 Å². The van der Waals surface area contributed by atoms with Crippen LogP contribution in [0.4, 0.5) is 11.4 Å². The molecule has 3 N–H and O–H groups in total. The first-order valence-corrected chi connectivity index (χ1v) is 4.09. The maximum absolute atomic E-state index is 5.68. The number of rotatable bonds is 4. The van der Waals surface area contributed by atoms with Gasteiger partial charge in [-0.3, -0.25) is 10.3 Å². The summed E-state index contributed by atoms with van der Waals surface area (Å²) in [6.45, 7) is 2.51.